The number of rotatable bonds is 2. The largest absolute Gasteiger partial charge is 0.366 e. The Balaban J connectivity index is 2.45. The van der Waals surface area contributed by atoms with Gasteiger partial charge in [-0.05, 0) is 53.3 Å². The maximum atomic E-state index is 11.1. The highest BCUT2D eigenvalue weighted by Gasteiger charge is 2.06. The van der Waals surface area contributed by atoms with E-state index in [1.807, 2.05) is 25.3 Å². The molecule has 2 N–H and O–H groups in total. The number of carbonyl (C=O) groups excluding carboxylic acids is 1. The topological polar surface area (TPSA) is 60.9 Å². The summed E-state index contributed by atoms with van der Waals surface area (Å²) < 4.78 is 2.83. The second-order valence-electron chi connectivity index (χ2n) is 3.47. The fourth-order valence-electron chi connectivity index (χ4n) is 1.51. The lowest BCUT2D eigenvalue weighted by Gasteiger charge is -2.05. The molecule has 0 spiro atoms. The van der Waals surface area contributed by atoms with Crippen molar-refractivity contribution in [2.45, 2.75) is 6.92 Å². The van der Waals surface area contributed by atoms with Crippen LogP contribution >= 0.6 is 22.6 Å². The van der Waals surface area contributed by atoms with Crippen LogP contribution in [0.1, 0.15) is 15.9 Å². The first kappa shape index (κ1) is 11.1. The highest BCUT2D eigenvalue weighted by molar-refractivity contribution is 14.1. The number of hydrogen-bond acceptors (Lipinski definition) is 2. The van der Waals surface area contributed by atoms with Crippen LogP contribution in [-0.2, 0) is 0 Å². The minimum absolute atomic E-state index is 0.404. The van der Waals surface area contributed by atoms with Crippen molar-refractivity contribution in [3.8, 4) is 5.69 Å². The number of aromatic nitrogens is 2. The molecule has 2 aromatic rings. The second kappa shape index (κ2) is 4.25. The Kier molecular flexibility index (Phi) is 2.95. The summed E-state index contributed by atoms with van der Waals surface area (Å²) in [5.74, 6) is -0.404. The van der Waals surface area contributed by atoms with Gasteiger partial charge >= 0.3 is 0 Å². The Morgan fingerprint density at radius 2 is 2.25 bits per heavy atom. The van der Waals surface area contributed by atoms with Crippen molar-refractivity contribution in [2.24, 2.45) is 5.73 Å². The zero-order valence-electron chi connectivity index (χ0n) is 8.64. The first-order valence-electron chi connectivity index (χ1n) is 4.69. The first-order chi connectivity index (χ1) is 7.58. The predicted molar refractivity (Wildman–Crippen MR) is 69.5 cm³/mol. The molecule has 16 heavy (non-hydrogen) atoms. The van der Waals surface area contributed by atoms with Gasteiger partial charge < -0.3 is 5.73 Å². The average molecular weight is 327 g/mol. The van der Waals surface area contributed by atoms with Crippen molar-refractivity contribution in [2.75, 3.05) is 0 Å². The standard InChI is InChI=1S/C11H10IN3O/c1-7-4-9(2-3-10(7)11(13)16)15-6-8(12)5-14-15/h2-6H,1H3,(H2,13,16). The number of benzene rings is 1. The molecule has 0 bridgehead atoms. The Hall–Kier alpha value is -1.37. The van der Waals surface area contributed by atoms with E-state index < -0.39 is 5.91 Å². The zero-order chi connectivity index (χ0) is 11.7. The average Bonchev–Trinajstić information content (AvgIpc) is 2.64. The van der Waals surface area contributed by atoms with Crippen LogP contribution in [0, 0.1) is 10.5 Å². The van der Waals surface area contributed by atoms with Gasteiger partial charge in [0.15, 0.2) is 0 Å². The van der Waals surface area contributed by atoms with Gasteiger partial charge in [0.25, 0.3) is 0 Å². The molecule has 0 saturated carbocycles. The summed E-state index contributed by atoms with van der Waals surface area (Å²) in [6.45, 7) is 1.86. The molecule has 5 heteroatoms. The minimum atomic E-state index is -0.404. The number of aryl methyl sites for hydroxylation is 1. The lowest BCUT2D eigenvalue weighted by Crippen LogP contribution is -2.12. The van der Waals surface area contributed by atoms with Gasteiger partial charge in [-0.25, -0.2) is 4.68 Å². The van der Waals surface area contributed by atoms with Crippen LogP contribution in [0.25, 0.3) is 5.69 Å². The summed E-state index contributed by atoms with van der Waals surface area (Å²) in [5, 5.41) is 4.19. The van der Waals surface area contributed by atoms with Crippen LogP contribution in [0.3, 0.4) is 0 Å². The third kappa shape index (κ3) is 2.08. The highest BCUT2D eigenvalue weighted by atomic mass is 127. The fourth-order valence-corrected chi connectivity index (χ4v) is 1.90. The molecule has 1 heterocycles. The summed E-state index contributed by atoms with van der Waals surface area (Å²) in [6.07, 6.45) is 3.69. The van der Waals surface area contributed by atoms with Crippen LogP contribution in [0.5, 0.6) is 0 Å². The van der Waals surface area contributed by atoms with Gasteiger partial charge in [0, 0.05) is 11.8 Å². The normalized spacial score (nSPS) is 10.4. The third-order valence-electron chi connectivity index (χ3n) is 2.29. The molecule has 1 aromatic carbocycles. The van der Waals surface area contributed by atoms with E-state index in [0.29, 0.717) is 5.56 Å². The molecule has 0 atom stereocenters. The van der Waals surface area contributed by atoms with Crippen molar-refractivity contribution in [1.29, 1.82) is 0 Å². The van der Waals surface area contributed by atoms with Gasteiger partial charge in [-0.1, -0.05) is 0 Å². The Labute approximate surface area is 107 Å². The van der Waals surface area contributed by atoms with Crippen molar-refractivity contribution in [3.63, 3.8) is 0 Å². The molecule has 0 unspecified atom stereocenters. The molecule has 4 nitrogen and oxygen atoms in total. The highest BCUT2D eigenvalue weighted by Crippen LogP contribution is 2.15. The number of hydrogen-bond donors (Lipinski definition) is 1. The minimum Gasteiger partial charge on any atom is -0.366 e. The summed E-state index contributed by atoms with van der Waals surface area (Å²) in [5.41, 5.74) is 7.57. The number of nitrogens with two attached hydrogens (primary N) is 1. The number of halogens is 1. The van der Waals surface area contributed by atoms with Crippen LogP contribution < -0.4 is 5.73 Å². The predicted octanol–water partition coefficient (Wildman–Crippen LogP) is 1.88. The van der Waals surface area contributed by atoms with E-state index in [1.165, 1.54) is 0 Å². The maximum Gasteiger partial charge on any atom is 0.248 e. The number of primary amides is 1. The summed E-state index contributed by atoms with van der Waals surface area (Å²) in [4.78, 5) is 11.1. The van der Waals surface area contributed by atoms with E-state index in [2.05, 4.69) is 27.7 Å². The monoisotopic (exact) mass is 327 g/mol. The van der Waals surface area contributed by atoms with Crippen LogP contribution in [0.2, 0.25) is 0 Å². The summed E-state index contributed by atoms with van der Waals surface area (Å²) in [7, 11) is 0. The van der Waals surface area contributed by atoms with Gasteiger partial charge in [0.05, 0.1) is 15.5 Å². The smallest absolute Gasteiger partial charge is 0.248 e. The molecule has 0 aliphatic rings. The number of amides is 1. The van der Waals surface area contributed by atoms with Crippen LogP contribution in [-0.4, -0.2) is 15.7 Å². The molecule has 0 fully saturated rings. The Bertz CT molecular complexity index is 548. The van der Waals surface area contributed by atoms with Crippen molar-refractivity contribution >= 4 is 28.5 Å². The van der Waals surface area contributed by atoms with E-state index in [1.54, 1.807) is 16.9 Å². The van der Waals surface area contributed by atoms with Crippen molar-refractivity contribution in [3.05, 3.63) is 45.3 Å². The maximum absolute atomic E-state index is 11.1. The van der Waals surface area contributed by atoms with Gasteiger partial charge in [-0.3, -0.25) is 4.79 Å². The molecule has 82 valence electrons. The second-order valence-corrected chi connectivity index (χ2v) is 4.71. The zero-order valence-corrected chi connectivity index (χ0v) is 10.8. The van der Waals surface area contributed by atoms with Gasteiger partial charge in [0.1, 0.15) is 0 Å². The molecule has 2 rings (SSSR count). The van der Waals surface area contributed by atoms with Gasteiger partial charge in [-0.2, -0.15) is 5.10 Å². The lowest BCUT2D eigenvalue weighted by atomic mass is 10.1. The van der Waals surface area contributed by atoms with Crippen LogP contribution in [0.15, 0.2) is 30.6 Å². The SMILES string of the molecule is Cc1cc(-n2cc(I)cn2)ccc1C(N)=O. The molecule has 0 aliphatic heterocycles. The quantitative estimate of drug-likeness (QED) is 0.856. The van der Waals surface area contributed by atoms with Crippen molar-refractivity contribution < 1.29 is 4.79 Å². The van der Waals surface area contributed by atoms with E-state index in [9.17, 15) is 4.79 Å². The fraction of sp³-hybridized carbons (Fsp3) is 0.0909. The summed E-state index contributed by atoms with van der Waals surface area (Å²) >= 11 is 2.20. The molecule has 0 aliphatic carbocycles. The molecular weight excluding hydrogens is 317 g/mol. The Morgan fingerprint density at radius 1 is 1.50 bits per heavy atom. The van der Waals surface area contributed by atoms with E-state index in [0.717, 1.165) is 14.8 Å². The number of carbonyl (C=O) groups is 1. The molecular formula is C11H10IN3O. The van der Waals surface area contributed by atoms with E-state index >= 15 is 0 Å². The Morgan fingerprint density at radius 3 is 2.75 bits per heavy atom. The van der Waals surface area contributed by atoms with Crippen LogP contribution in [0.4, 0.5) is 0 Å². The van der Waals surface area contributed by atoms with E-state index in [4.69, 9.17) is 5.73 Å². The van der Waals surface area contributed by atoms with Gasteiger partial charge in [-0.15, -0.1) is 0 Å². The van der Waals surface area contributed by atoms with Crippen molar-refractivity contribution in [1.82, 2.24) is 9.78 Å². The third-order valence-corrected chi connectivity index (χ3v) is 2.85. The first-order valence-corrected chi connectivity index (χ1v) is 5.77. The molecule has 1 amide bonds. The number of nitrogens with zero attached hydrogens (tertiary/aromatic N) is 2. The summed E-state index contributed by atoms with van der Waals surface area (Å²) in [6, 6.07) is 5.45. The molecule has 0 saturated heterocycles. The van der Waals surface area contributed by atoms with E-state index in [-0.39, 0.29) is 0 Å². The molecule has 1 aromatic heterocycles. The molecule has 0 radical (unpaired) electrons. The van der Waals surface area contributed by atoms with Gasteiger partial charge in [0.2, 0.25) is 5.91 Å². The lowest BCUT2D eigenvalue weighted by molar-refractivity contribution is 0.0999.